The van der Waals surface area contributed by atoms with Crippen molar-refractivity contribution >= 4 is 41.3 Å². The number of nitrogens with two attached hydrogens (primary N) is 1. The maximum Gasteiger partial charge on any atom is 0.240 e. The van der Waals surface area contributed by atoms with E-state index in [1.807, 2.05) is 38.1 Å². The summed E-state index contributed by atoms with van der Waals surface area (Å²) in [5, 5.41) is 4.58. The highest BCUT2D eigenvalue weighted by Gasteiger charge is 2.36. The number of carbonyl (C=O) groups excluding carboxylic acids is 1. The molecule has 1 aliphatic heterocycles. The van der Waals surface area contributed by atoms with Crippen LogP contribution in [0.15, 0.2) is 24.3 Å². The van der Waals surface area contributed by atoms with Gasteiger partial charge < -0.3 is 15.8 Å². The summed E-state index contributed by atoms with van der Waals surface area (Å²) in [5.41, 5.74) is 7.34. The third kappa shape index (κ3) is 4.56. The number of nitrogens with one attached hydrogen (secondary N) is 1. The van der Waals surface area contributed by atoms with Gasteiger partial charge in [-0.2, -0.15) is 0 Å². The van der Waals surface area contributed by atoms with E-state index in [0.717, 1.165) is 21.1 Å². The number of aryl methyl sites for hydroxylation is 1. The van der Waals surface area contributed by atoms with Crippen molar-refractivity contribution in [3.8, 4) is 11.3 Å². The van der Waals surface area contributed by atoms with Crippen LogP contribution in [-0.2, 0) is 9.53 Å². The lowest BCUT2D eigenvalue weighted by Gasteiger charge is -2.32. The molecule has 1 aromatic carbocycles. The molecule has 0 aliphatic carbocycles. The van der Waals surface area contributed by atoms with Crippen molar-refractivity contribution in [2.75, 3.05) is 13.2 Å². The van der Waals surface area contributed by atoms with E-state index >= 15 is 0 Å². The van der Waals surface area contributed by atoms with E-state index in [2.05, 4.69) is 5.32 Å². The Hall–Kier alpha value is -1.18. The summed E-state index contributed by atoms with van der Waals surface area (Å²) in [6.45, 7) is 5.01. The van der Waals surface area contributed by atoms with Crippen molar-refractivity contribution < 1.29 is 9.53 Å². The minimum absolute atomic E-state index is 0. The molecule has 2 aromatic rings. The van der Waals surface area contributed by atoms with Gasteiger partial charge in [0.05, 0.1) is 17.3 Å². The topological polar surface area (TPSA) is 77.2 Å². The summed E-state index contributed by atoms with van der Waals surface area (Å²) in [5.74, 6) is -0.135. The van der Waals surface area contributed by atoms with Crippen molar-refractivity contribution in [3.63, 3.8) is 0 Å². The van der Waals surface area contributed by atoms with Crippen LogP contribution in [-0.4, -0.2) is 29.6 Å². The van der Waals surface area contributed by atoms with Gasteiger partial charge >= 0.3 is 0 Å². The predicted octanol–water partition coefficient (Wildman–Crippen LogP) is 3.88. The number of amides is 1. The van der Waals surface area contributed by atoms with Gasteiger partial charge in [-0.05, 0) is 38.8 Å². The molecule has 0 radical (unpaired) electrons. The van der Waals surface area contributed by atoms with Crippen molar-refractivity contribution in [3.05, 3.63) is 39.2 Å². The Bertz CT molecular complexity index is 758. The quantitative estimate of drug-likeness (QED) is 0.793. The van der Waals surface area contributed by atoms with Crippen LogP contribution in [0, 0.1) is 6.92 Å². The molecule has 0 bridgehead atoms. The number of hydrogen-bond acceptors (Lipinski definition) is 5. The zero-order valence-corrected chi connectivity index (χ0v) is 17.1. The Morgan fingerprint density at radius 1 is 1.35 bits per heavy atom. The van der Waals surface area contributed by atoms with E-state index in [4.69, 9.17) is 27.1 Å². The van der Waals surface area contributed by atoms with Crippen molar-refractivity contribution in [1.82, 2.24) is 10.3 Å². The fourth-order valence-electron chi connectivity index (χ4n) is 2.84. The largest absolute Gasteiger partial charge is 0.381 e. The van der Waals surface area contributed by atoms with E-state index < -0.39 is 5.54 Å². The molecule has 0 spiro atoms. The molecule has 26 heavy (non-hydrogen) atoms. The molecule has 8 heteroatoms. The lowest BCUT2D eigenvalue weighted by Crippen LogP contribution is -2.57. The van der Waals surface area contributed by atoms with E-state index in [1.165, 1.54) is 0 Å². The first-order valence-corrected chi connectivity index (χ1v) is 9.49. The number of rotatable bonds is 4. The summed E-state index contributed by atoms with van der Waals surface area (Å²) in [6, 6.07) is 7.41. The summed E-state index contributed by atoms with van der Waals surface area (Å²) in [7, 11) is 0. The van der Waals surface area contributed by atoms with Gasteiger partial charge in [0.25, 0.3) is 0 Å². The van der Waals surface area contributed by atoms with Crippen molar-refractivity contribution in [1.29, 1.82) is 0 Å². The summed E-state index contributed by atoms with van der Waals surface area (Å²) in [6.07, 6.45) is 1.08. The molecule has 3 rings (SSSR count). The van der Waals surface area contributed by atoms with Gasteiger partial charge in [-0.25, -0.2) is 4.98 Å². The molecule has 1 unspecified atom stereocenters. The molecular weight excluding hydrogens is 393 g/mol. The number of hydrogen-bond donors (Lipinski definition) is 2. The number of carbonyl (C=O) groups is 1. The highest BCUT2D eigenvalue weighted by atomic mass is 35.5. The Labute approximate surface area is 168 Å². The molecule has 142 valence electrons. The first-order valence-electron chi connectivity index (χ1n) is 8.30. The SMILES string of the molecule is Cc1sc(C(C)NC(=O)C2(N)CCOCC2)nc1-c1ccc(Cl)cc1.Cl. The fraction of sp³-hybridized carbons (Fsp3) is 0.444. The number of thiazole rings is 1. The number of ether oxygens (including phenoxy) is 1. The third-order valence-electron chi connectivity index (χ3n) is 4.49. The lowest BCUT2D eigenvalue weighted by molar-refractivity contribution is -0.130. The monoisotopic (exact) mass is 415 g/mol. The highest BCUT2D eigenvalue weighted by molar-refractivity contribution is 7.12. The highest BCUT2D eigenvalue weighted by Crippen LogP contribution is 2.31. The van der Waals surface area contributed by atoms with E-state index in [9.17, 15) is 4.79 Å². The standard InChI is InChI=1S/C18H22ClN3O2S.ClH/c1-11(21-17(23)18(20)7-9-24-10-8-18)16-22-15(12(2)25-16)13-3-5-14(19)6-4-13;/h3-6,11H,7-10,20H2,1-2H3,(H,21,23);1H. The lowest BCUT2D eigenvalue weighted by atomic mass is 9.90. The van der Waals surface area contributed by atoms with Crippen LogP contribution < -0.4 is 11.1 Å². The average Bonchev–Trinajstić information content (AvgIpc) is 2.98. The number of nitrogens with zero attached hydrogens (tertiary/aromatic N) is 1. The molecule has 1 aromatic heterocycles. The second kappa shape index (κ2) is 8.67. The van der Waals surface area contributed by atoms with Crippen LogP contribution in [0.4, 0.5) is 0 Å². The average molecular weight is 416 g/mol. The van der Waals surface area contributed by atoms with Crippen LogP contribution in [0.25, 0.3) is 11.3 Å². The van der Waals surface area contributed by atoms with E-state index in [-0.39, 0.29) is 24.4 Å². The molecule has 1 aliphatic rings. The van der Waals surface area contributed by atoms with Crippen LogP contribution in [0.5, 0.6) is 0 Å². The van der Waals surface area contributed by atoms with Crippen LogP contribution in [0.1, 0.15) is 35.7 Å². The second-order valence-electron chi connectivity index (χ2n) is 6.43. The molecule has 1 amide bonds. The number of halogens is 2. The van der Waals surface area contributed by atoms with Gasteiger partial charge in [-0.1, -0.05) is 23.7 Å². The molecule has 3 N–H and O–H groups in total. The molecule has 0 saturated carbocycles. The van der Waals surface area contributed by atoms with Crippen molar-refractivity contribution in [2.45, 2.75) is 38.3 Å². The molecule has 1 atom stereocenters. The van der Waals surface area contributed by atoms with E-state index in [0.29, 0.717) is 31.1 Å². The summed E-state index contributed by atoms with van der Waals surface area (Å²) >= 11 is 7.54. The normalized spacial score (nSPS) is 17.2. The molecule has 5 nitrogen and oxygen atoms in total. The first-order chi connectivity index (χ1) is 11.9. The molecule has 1 fully saturated rings. The first kappa shape index (κ1) is 21.1. The molecular formula is C18H23Cl2N3O2S. The van der Waals surface area contributed by atoms with Gasteiger partial charge in [0, 0.05) is 28.7 Å². The number of aromatic nitrogens is 1. The Morgan fingerprint density at radius 2 is 1.96 bits per heavy atom. The zero-order valence-electron chi connectivity index (χ0n) is 14.8. The van der Waals surface area contributed by atoms with Gasteiger partial charge in [-0.15, -0.1) is 23.7 Å². The maximum atomic E-state index is 12.6. The van der Waals surface area contributed by atoms with E-state index in [1.54, 1.807) is 11.3 Å². The predicted molar refractivity (Wildman–Crippen MR) is 108 cm³/mol. The van der Waals surface area contributed by atoms with Gasteiger partial charge in [0.15, 0.2) is 0 Å². The second-order valence-corrected chi connectivity index (χ2v) is 8.10. The van der Waals surface area contributed by atoms with Crippen molar-refractivity contribution in [2.24, 2.45) is 5.73 Å². The molecule has 1 saturated heterocycles. The van der Waals surface area contributed by atoms with Crippen LogP contribution in [0.2, 0.25) is 5.02 Å². The Balaban J connectivity index is 0.00000243. The minimum atomic E-state index is -0.849. The summed E-state index contributed by atoms with van der Waals surface area (Å²) < 4.78 is 5.30. The van der Waals surface area contributed by atoms with Gasteiger partial charge in [0.2, 0.25) is 5.91 Å². The fourth-order valence-corrected chi connectivity index (χ4v) is 3.92. The number of benzene rings is 1. The van der Waals surface area contributed by atoms with Gasteiger partial charge in [0.1, 0.15) is 5.01 Å². The Morgan fingerprint density at radius 3 is 2.58 bits per heavy atom. The minimum Gasteiger partial charge on any atom is -0.381 e. The maximum absolute atomic E-state index is 12.6. The summed E-state index contributed by atoms with van der Waals surface area (Å²) in [4.78, 5) is 18.4. The van der Waals surface area contributed by atoms with Crippen LogP contribution >= 0.6 is 35.3 Å². The van der Waals surface area contributed by atoms with Gasteiger partial charge in [-0.3, -0.25) is 4.79 Å². The van der Waals surface area contributed by atoms with Crippen LogP contribution in [0.3, 0.4) is 0 Å². The Kier molecular flexibility index (Phi) is 7.05. The molecule has 2 heterocycles. The smallest absolute Gasteiger partial charge is 0.240 e. The zero-order chi connectivity index (χ0) is 18.0. The third-order valence-corrected chi connectivity index (χ3v) is 5.89.